The summed E-state index contributed by atoms with van der Waals surface area (Å²) in [6.45, 7) is 6.21. The zero-order valence-corrected chi connectivity index (χ0v) is 14.7. The van der Waals surface area contributed by atoms with Gasteiger partial charge >= 0.3 is 5.63 Å². The number of fused-ring (bicyclic) bond motifs is 3. The summed E-state index contributed by atoms with van der Waals surface area (Å²) < 4.78 is 11.4. The molecule has 0 aliphatic carbocycles. The second-order valence-corrected chi connectivity index (χ2v) is 6.63. The van der Waals surface area contributed by atoms with Gasteiger partial charge in [-0.1, -0.05) is 43.2 Å². The van der Waals surface area contributed by atoms with Crippen LogP contribution in [0.2, 0.25) is 0 Å². The molecule has 0 saturated heterocycles. The molecule has 2 heterocycles. The molecule has 4 rings (SSSR count). The number of hydrogen-bond acceptors (Lipinski definition) is 3. The lowest BCUT2D eigenvalue weighted by atomic mass is 9.96. The van der Waals surface area contributed by atoms with Crippen LogP contribution >= 0.6 is 0 Å². The lowest BCUT2D eigenvalue weighted by Crippen LogP contribution is -2.01. The van der Waals surface area contributed by atoms with Gasteiger partial charge in [-0.15, -0.1) is 0 Å². The van der Waals surface area contributed by atoms with Crippen LogP contribution in [0, 0.1) is 13.8 Å². The van der Waals surface area contributed by atoms with Crippen LogP contribution in [0.1, 0.15) is 30.0 Å². The summed E-state index contributed by atoms with van der Waals surface area (Å²) in [6.07, 6.45) is 3.59. The van der Waals surface area contributed by atoms with E-state index in [4.69, 9.17) is 8.83 Å². The molecule has 0 atom stereocenters. The molecule has 0 aliphatic rings. The topological polar surface area (TPSA) is 43.4 Å². The molecule has 2 aromatic carbocycles. The Bertz CT molecular complexity index is 1130. The number of hydrogen-bond donors (Lipinski definition) is 0. The van der Waals surface area contributed by atoms with Gasteiger partial charge in [0.1, 0.15) is 11.2 Å². The Labute approximate surface area is 145 Å². The Kier molecular flexibility index (Phi) is 3.72. The molecule has 126 valence electrons. The van der Waals surface area contributed by atoms with Crippen molar-refractivity contribution >= 4 is 21.9 Å². The van der Waals surface area contributed by atoms with Crippen molar-refractivity contribution in [2.75, 3.05) is 0 Å². The van der Waals surface area contributed by atoms with E-state index in [0.29, 0.717) is 5.58 Å². The van der Waals surface area contributed by atoms with Gasteiger partial charge in [-0.2, -0.15) is 0 Å². The minimum absolute atomic E-state index is 0.306. The van der Waals surface area contributed by atoms with Crippen molar-refractivity contribution in [3.8, 4) is 11.1 Å². The van der Waals surface area contributed by atoms with Crippen LogP contribution in [0.25, 0.3) is 33.1 Å². The third-order valence-corrected chi connectivity index (χ3v) is 4.71. The first kappa shape index (κ1) is 15.7. The second kappa shape index (κ2) is 5.92. The Morgan fingerprint density at radius 1 is 1.00 bits per heavy atom. The maximum absolute atomic E-state index is 11.9. The summed E-state index contributed by atoms with van der Waals surface area (Å²) in [5.74, 6) is 0. The fourth-order valence-electron chi connectivity index (χ4n) is 3.54. The third-order valence-electron chi connectivity index (χ3n) is 4.71. The van der Waals surface area contributed by atoms with Gasteiger partial charge in [-0.3, -0.25) is 0 Å². The molecule has 0 amide bonds. The van der Waals surface area contributed by atoms with Crippen molar-refractivity contribution in [2.45, 2.75) is 33.6 Å². The quantitative estimate of drug-likeness (QED) is 0.447. The molecular formula is C22H20O3. The van der Waals surface area contributed by atoms with Crippen LogP contribution in [0.4, 0.5) is 0 Å². The SMILES string of the molecule is CCCc1cc(=O)oc2cc(C)c3c(-c4ccc(C)cc4)coc3c12. The van der Waals surface area contributed by atoms with Crippen LogP contribution in [-0.4, -0.2) is 0 Å². The molecule has 2 aromatic heterocycles. The molecular weight excluding hydrogens is 312 g/mol. The summed E-state index contributed by atoms with van der Waals surface area (Å²) in [5.41, 5.74) is 6.56. The van der Waals surface area contributed by atoms with Gasteiger partial charge in [0.05, 0.1) is 11.6 Å². The number of benzene rings is 2. The molecule has 0 unspecified atom stereocenters. The van der Waals surface area contributed by atoms with Crippen LogP contribution in [0.15, 0.2) is 56.3 Å². The molecule has 0 fully saturated rings. The Balaban J connectivity index is 2.09. The average molecular weight is 332 g/mol. The highest BCUT2D eigenvalue weighted by atomic mass is 16.4. The largest absolute Gasteiger partial charge is 0.463 e. The van der Waals surface area contributed by atoms with Crippen LogP contribution in [0.5, 0.6) is 0 Å². The maximum Gasteiger partial charge on any atom is 0.336 e. The van der Waals surface area contributed by atoms with E-state index >= 15 is 0 Å². The predicted molar refractivity (Wildman–Crippen MR) is 101 cm³/mol. The lowest BCUT2D eigenvalue weighted by molar-refractivity contribution is 0.557. The van der Waals surface area contributed by atoms with E-state index in [1.54, 1.807) is 6.07 Å². The molecule has 0 radical (unpaired) electrons. The monoisotopic (exact) mass is 332 g/mol. The molecule has 3 heteroatoms. The summed E-state index contributed by atoms with van der Waals surface area (Å²) in [5, 5.41) is 2.00. The minimum Gasteiger partial charge on any atom is -0.463 e. The summed E-state index contributed by atoms with van der Waals surface area (Å²) in [6, 6.07) is 12.0. The van der Waals surface area contributed by atoms with Gasteiger partial charge in [0.15, 0.2) is 0 Å². The molecule has 0 bridgehead atoms. The van der Waals surface area contributed by atoms with Crippen molar-refractivity contribution in [1.29, 1.82) is 0 Å². The van der Waals surface area contributed by atoms with E-state index in [1.807, 2.05) is 19.3 Å². The van der Waals surface area contributed by atoms with Gasteiger partial charge < -0.3 is 8.83 Å². The van der Waals surface area contributed by atoms with E-state index in [-0.39, 0.29) is 5.63 Å². The fourth-order valence-corrected chi connectivity index (χ4v) is 3.54. The Morgan fingerprint density at radius 3 is 2.48 bits per heavy atom. The number of aryl methyl sites for hydroxylation is 3. The predicted octanol–water partition coefficient (Wildman–Crippen LogP) is 5.78. The van der Waals surface area contributed by atoms with Gasteiger partial charge in [-0.05, 0) is 43.0 Å². The van der Waals surface area contributed by atoms with Gasteiger partial charge in [-0.25, -0.2) is 4.79 Å². The van der Waals surface area contributed by atoms with Crippen molar-refractivity contribution in [3.63, 3.8) is 0 Å². The molecule has 4 aromatic rings. The first-order valence-electron chi connectivity index (χ1n) is 8.63. The van der Waals surface area contributed by atoms with Crippen LogP contribution in [-0.2, 0) is 6.42 Å². The zero-order chi connectivity index (χ0) is 17.6. The van der Waals surface area contributed by atoms with E-state index < -0.39 is 0 Å². The van der Waals surface area contributed by atoms with Gasteiger partial charge in [0, 0.05) is 17.0 Å². The van der Waals surface area contributed by atoms with Crippen LogP contribution in [0.3, 0.4) is 0 Å². The van der Waals surface area contributed by atoms with Crippen molar-refractivity contribution < 1.29 is 8.83 Å². The second-order valence-electron chi connectivity index (χ2n) is 6.63. The van der Waals surface area contributed by atoms with E-state index in [0.717, 1.165) is 51.5 Å². The molecule has 3 nitrogen and oxygen atoms in total. The highest BCUT2D eigenvalue weighted by Crippen LogP contribution is 2.38. The van der Waals surface area contributed by atoms with Gasteiger partial charge in [0.25, 0.3) is 0 Å². The lowest BCUT2D eigenvalue weighted by Gasteiger charge is -2.08. The number of furan rings is 1. The zero-order valence-electron chi connectivity index (χ0n) is 14.7. The highest BCUT2D eigenvalue weighted by Gasteiger charge is 2.18. The molecule has 25 heavy (non-hydrogen) atoms. The van der Waals surface area contributed by atoms with E-state index in [9.17, 15) is 4.79 Å². The van der Waals surface area contributed by atoms with Crippen LogP contribution < -0.4 is 5.63 Å². The average Bonchev–Trinajstić information content (AvgIpc) is 3.01. The highest BCUT2D eigenvalue weighted by molar-refractivity contribution is 6.10. The first-order chi connectivity index (χ1) is 12.1. The standard InChI is InChI=1S/C22H20O3/c1-4-5-16-11-19(23)25-18-10-14(3)20-17(12-24-22(20)21(16)18)15-8-6-13(2)7-9-15/h6-12H,4-5H2,1-3H3. The fraction of sp³-hybridized carbons (Fsp3) is 0.227. The molecule has 0 aliphatic heterocycles. The Hall–Kier alpha value is -2.81. The maximum atomic E-state index is 11.9. The Morgan fingerprint density at radius 2 is 1.76 bits per heavy atom. The van der Waals surface area contributed by atoms with Crippen molar-refractivity contribution in [1.82, 2.24) is 0 Å². The van der Waals surface area contributed by atoms with Crippen molar-refractivity contribution in [3.05, 3.63) is 69.8 Å². The van der Waals surface area contributed by atoms with Gasteiger partial charge in [0.2, 0.25) is 0 Å². The molecule has 0 saturated carbocycles. The molecule has 0 N–H and O–H groups in total. The van der Waals surface area contributed by atoms with E-state index in [2.05, 4.69) is 38.1 Å². The minimum atomic E-state index is -0.306. The first-order valence-corrected chi connectivity index (χ1v) is 8.63. The van der Waals surface area contributed by atoms with Crippen molar-refractivity contribution in [2.24, 2.45) is 0 Å². The summed E-state index contributed by atoms with van der Waals surface area (Å²) >= 11 is 0. The van der Waals surface area contributed by atoms with E-state index in [1.165, 1.54) is 5.56 Å². The third kappa shape index (κ3) is 2.56. The summed E-state index contributed by atoms with van der Waals surface area (Å²) in [7, 11) is 0. The smallest absolute Gasteiger partial charge is 0.336 e. The number of rotatable bonds is 3. The molecule has 0 spiro atoms. The normalized spacial score (nSPS) is 11.5. The summed E-state index contributed by atoms with van der Waals surface area (Å²) in [4.78, 5) is 11.9.